The Bertz CT molecular complexity index is 1860. The third kappa shape index (κ3) is 6.62. The molecule has 3 aromatic carbocycles. The molecule has 1 fully saturated rings. The second kappa shape index (κ2) is 12.5. The van der Waals surface area contributed by atoms with Gasteiger partial charge in [-0.3, -0.25) is 19.3 Å². The van der Waals surface area contributed by atoms with Crippen LogP contribution in [-0.2, 0) is 21.5 Å². The molecular weight excluding hydrogens is 612 g/mol. The van der Waals surface area contributed by atoms with Gasteiger partial charge in [0, 0.05) is 44.5 Å². The van der Waals surface area contributed by atoms with Gasteiger partial charge in [0.2, 0.25) is 5.91 Å². The van der Waals surface area contributed by atoms with Gasteiger partial charge in [-0.1, -0.05) is 41.9 Å². The van der Waals surface area contributed by atoms with E-state index in [0.29, 0.717) is 29.4 Å². The van der Waals surface area contributed by atoms with Crippen molar-refractivity contribution < 1.29 is 14.3 Å². The molecule has 2 aliphatic rings. The summed E-state index contributed by atoms with van der Waals surface area (Å²) in [4.78, 5) is 31.8. The molecule has 47 heavy (non-hydrogen) atoms. The average molecular weight is 651 g/mol. The second-order valence-electron chi connectivity index (χ2n) is 13.7. The fraction of sp³-hybridized carbons (Fsp3) is 0.351. The molecule has 0 atom stereocenters. The molecule has 4 aromatic rings. The van der Waals surface area contributed by atoms with Crippen molar-refractivity contribution in [3.05, 3.63) is 89.2 Å². The number of halogens is 1. The Kier molecular flexibility index (Phi) is 8.60. The van der Waals surface area contributed by atoms with Gasteiger partial charge in [-0.25, -0.2) is 4.79 Å². The van der Waals surface area contributed by atoms with Gasteiger partial charge in [-0.05, 0) is 87.2 Å². The molecule has 0 unspecified atom stereocenters. The van der Waals surface area contributed by atoms with Crippen LogP contribution >= 0.6 is 11.6 Å². The smallest absolute Gasteiger partial charge is 0.410 e. The Morgan fingerprint density at radius 3 is 2.23 bits per heavy atom. The zero-order valence-corrected chi connectivity index (χ0v) is 28.2. The monoisotopic (exact) mass is 650 g/mol. The van der Waals surface area contributed by atoms with Crippen LogP contribution in [0.15, 0.2) is 73.1 Å². The van der Waals surface area contributed by atoms with Crippen molar-refractivity contribution in [3.63, 3.8) is 0 Å². The summed E-state index contributed by atoms with van der Waals surface area (Å²) in [6.07, 6.45) is 3.72. The van der Waals surface area contributed by atoms with Crippen LogP contribution in [0, 0.1) is 11.3 Å². The zero-order valence-electron chi connectivity index (χ0n) is 27.5. The van der Waals surface area contributed by atoms with Crippen molar-refractivity contribution in [2.24, 2.45) is 0 Å². The molecule has 10 heteroatoms. The fourth-order valence-corrected chi connectivity index (χ4v) is 6.34. The highest BCUT2D eigenvalue weighted by Crippen LogP contribution is 2.47. The summed E-state index contributed by atoms with van der Waals surface area (Å²) in [6, 6.07) is 21.7. The molecule has 242 valence electrons. The summed E-state index contributed by atoms with van der Waals surface area (Å²) < 4.78 is 7.47. The van der Waals surface area contributed by atoms with Gasteiger partial charge in [0.15, 0.2) is 0 Å². The van der Waals surface area contributed by atoms with Crippen molar-refractivity contribution in [3.8, 4) is 28.3 Å². The Hall–Kier alpha value is -4.65. The van der Waals surface area contributed by atoms with Gasteiger partial charge >= 0.3 is 6.09 Å². The summed E-state index contributed by atoms with van der Waals surface area (Å²) in [5.41, 5.74) is 5.76. The van der Waals surface area contributed by atoms with Crippen molar-refractivity contribution in [1.82, 2.24) is 19.6 Å². The largest absolute Gasteiger partial charge is 0.444 e. The molecule has 0 bridgehead atoms. The lowest BCUT2D eigenvalue weighted by Gasteiger charge is -2.35. The van der Waals surface area contributed by atoms with Crippen LogP contribution in [0.3, 0.4) is 0 Å². The van der Waals surface area contributed by atoms with E-state index in [4.69, 9.17) is 16.3 Å². The first-order valence-electron chi connectivity index (χ1n) is 15.9. The minimum atomic E-state index is -0.730. The van der Waals surface area contributed by atoms with Crippen LogP contribution in [0.25, 0.3) is 22.3 Å². The van der Waals surface area contributed by atoms with Crippen molar-refractivity contribution >= 4 is 35.0 Å². The first kappa shape index (κ1) is 32.3. The molecule has 1 saturated heterocycles. The maximum absolute atomic E-state index is 13.6. The molecule has 0 radical (unpaired) electrons. The summed E-state index contributed by atoms with van der Waals surface area (Å²) in [5.74, 6) is -0.0409. The molecule has 9 nitrogen and oxygen atoms in total. The standard InChI is InChI=1S/C37H39ClN6O3/c1-36(2,3)47-35(46)42-17-14-41(15-18-42)16-19-43-24-29(23-40-43)26-8-6-25(7-9-26)27-11-13-33-31(20-27)37(4,5)34(45)44(33)30-12-10-28(22-39)32(38)21-30/h6-13,20-21,23-24H,14-19H2,1-5H3. The highest BCUT2D eigenvalue weighted by molar-refractivity contribution is 6.32. The lowest BCUT2D eigenvalue weighted by Crippen LogP contribution is -2.50. The molecule has 0 aliphatic carbocycles. The average Bonchev–Trinajstić information content (AvgIpc) is 3.59. The van der Waals surface area contributed by atoms with Crippen molar-refractivity contribution in [1.29, 1.82) is 5.26 Å². The number of anilines is 2. The van der Waals surface area contributed by atoms with Crippen LogP contribution in [0.4, 0.5) is 16.2 Å². The maximum atomic E-state index is 13.6. The minimum absolute atomic E-state index is 0.0409. The molecule has 2 aliphatic heterocycles. The van der Waals surface area contributed by atoms with E-state index in [-0.39, 0.29) is 12.0 Å². The number of aromatic nitrogens is 2. The van der Waals surface area contributed by atoms with Gasteiger partial charge in [-0.2, -0.15) is 10.4 Å². The van der Waals surface area contributed by atoms with E-state index in [2.05, 4.69) is 52.6 Å². The summed E-state index contributed by atoms with van der Waals surface area (Å²) in [7, 11) is 0. The third-order valence-electron chi connectivity index (χ3n) is 8.83. The van der Waals surface area contributed by atoms with Gasteiger partial charge < -0.3 is 9.64 Å². The molecular formula is C37H39ClN6O3. The lowest BCUT2D eigenvalue weighted by molar-refractivity contribution is -0.121. The van der Waals surface area contributed by atoms with Crippen LogP contribution < -0.4 is 4.90 Å². The third-order valence-corrected chi connectivity index (χ3v) is 9.15. The van der Waals surface area contributed by atoms with E-state index >= 15 is 0 Å². The minimum Gasteiger partial charge on any atom is -0.444 e. The van der Waals surface area contributed by atoms with Gasteiger partial charge in [0.05, 0.1) is 40.1 Å². The van der Waals surface area contributed by atoms with Crippen LogP contribution in [0.5, 0.6) is 0 Å². The van der Waals surface area contributed by atoms with Crippen LogP contribution in [0.1, 0.15) is 45.7 Å². The predicted octanol–water partition coefficient (Wildman–Crippen LogP) is 7.25. The van der Waals surface area contributed by atoms with E-state index in [1.54, 1.807) is 28.0 Å². The van der Waals surface area contributed by atoms with Crippen LogP contribution in [0.2, 0.25) is 5.02 Å². The number of carbonyl (C=O) groups excluding carboxylic acids is 2. The molecule has 6 rings (SSSR count). The Morgan fingerprint density at radius 1 is 0.936 bits per heavy atom. The number of carbonyl (C=O) groups is 2. The first-order chi connectivity index (χ1) is 22.3. The molecule has 0 N–H and O–H groups in total. The molecule has 2 amide bonds. The molecule has 0 saturated carbocycles. The molecule has 0 spiro atoms. The number of amides is 2. The van der Waals surface area contributed by atoms with Gasteiger partial charge in [0.25, 0.3) is 0 Å². The predicted molar refractivity (Wildman–Crippen MR) is 184 cm³/mol. The number of hydrogen-bond acceptors (Lipinski definition) is 6. The number of nitriles is 1. The Balaban J connectivity index is 1.10. The summed E-state index contributed by atoms with van der Waals surface area (Å²) in [6.45, 7) is 14.1. The number of fused-ring (bicyclic) bond motifs is 1. The normalized spacial score (nSPS) is 16.2. The second-order valence-corrected chi connectivity index (χ2v) is 14.1. The maximum Gasteiger partial charge on any atom is 0.410 e. The Labute approximate surface area is 280 Å². The highest BCUT2D eigenvalue weighted by Gasteiger charge is 2.44. The van der Waals surface area contributed by atoms with E-state index in [1.165, 1.54) is 0 Å². The van der Waals surface area contributed by atoms with Crippen molar-refractivity contribution in [2.75, 3.05) is 37.6 Å². The topological polar surface area (TPSA) is 94.7 Å². The van der Waals surface area contributed by atoms with E-state index in [1.807, 2.05) is 57.6 Å². The molecule has 3 heterocycles. The summed E-state index contributed by atoms with van der Waals surface area (Å²) in [5, 5.41) is 14.2. The fourth-order valence-electron chi connectivity index (χ4n) is 6.12. The number of ether oxygens (including phenoxy) is 1. The first-order valence-corrected chi connectivity index (χ1v) is 16.2. The van der Waals surface area contributed by atoms with E-state index in [9.17, 15) is 14.9 Å². The van der Waals surface area contributed by atoms with E-state index < -0.39 is 11.0 Å². The SMILES string of the molecule is CC(C)(C)OC(=O)N1CCN(CCn2cc(-c3ccc(-c4ccc5c(c4)C(C)(C)C(=O)N5c4ccc(C#N)c(Cl)c4)cc3)cn2)CC1. The molecule has 1 aromatic heterocycles. The van der Waals surface area contributed by atoms with Crippen LogP contribution in [-0.4, -0.2) is 69.9 Å². The van der Waals surface area contributed by atoms with Gasteiger partial charge in [-0.15, -0.1) is 0 Å². The lowest BCUT2D eigenvalue weighted by atomic mass is 9.84. The number of hydrogen-bond donors (Lipinski definition) is 0. The zero-order chi connectivity index (χ0) is 33.5. The summed E-state index contributed by atoms with van der Waals surface area (Å²) >= 11 is 6.31. The highest BCUT2D eigenvalue weighted by atomic mass is 35.5. The number of nitrogens with zero attached hydrogens (tertiary/aromatic N) is 6. The number of rotatable bonds is 6. The quantitative estimate of drug-likeness (QED) is 0.218. The van der Waals surface area contributed by atoms with Crippen molar-refractivity contribution in [2.45, 2.75) is 52.2 Å². The van der Waals surface area contributed by atoms with E-state index in [0.717, 1.165) is 59.7 Å². The van der Waals surface area contributed by atoms with Gasteiger partial charge in [0.1, 0.15) is 11.7 Å². The Morgan fingerprint density at radius 2 is 1.60 bits per heavy atom. The number of piperazine rings is 1. The number of benzene rings is 3.